The number of imidazole rings is 1. The summed E-state index contributed by atoms with van der Waals surface area (Å²) in [6, 6.07) is 17.2. The van der Waals surface area contributed by atoms with Crippen LogP contribution in [0.15, 0.2) is 71.5 Å². The van der Waals surface area contributed by atoms with E-state index < -0.39 is 0 Å². The molecule has 0 amide bonds. The van der Waals surface area contributed by atoms with Crippen LogP contribution in [0.4, 0.5) is 5.82 Å². The number of aromatic nitrogens is 3. The fraction of sp³-hybridized carbons (Fsp3) is 0.0870. The Kier molecular flexibility index (Phi) is 4.30. The molecule has 0 spiro atoms. The lowest BCUT2D eigenvalue weighted by Gasteiger charge is -2.05. The van der Waals surface area contributed by atoms with Crippen molar-refractivity contribution in [1.82, 2.24) is 14.4 Å². The first-order chi connectivity index (χ1) is 14.7. The standard InChI is InChI=1S/C23H17N5O2/c1-25-23-22(27-21-9-15(12-24)6-8-28(21)23)20-11-17-10-18(4-5-19(17)30-20)29-14-16-3-2-7-26-13-16/h2-11,13,25H,14H2,1H3. The number of hydrogen-bond donors (Lipinski definition) is 1. The van der Waals surface area contributed by atoms with Crippen LogP contribution in [-0.4, -0.2) is 21.4 Å². The summed E-state index contributed by atoms with van der Waals surface area (Å²) in [4.78, 5) is 8.77. The Morgan fingerprint density at radius 1 is 1.20 bits per heavy atom. The SMILES string of the molecule is CNc1c(-c2cc3cc(OCc4cccnc4)ccc3o2)nc2cc(C#N)ccn12. The van der Waals surface area contributed by atoms with Gasteiger partial charge in [-0.25, -0.2) is 4.98 Å². The Morgan fingerprint density at radius 2 is 2.13 bits per heavy atom. The van der Waals surface area contributed by atoms with Crippen molar-refractivity contribution >= 4 is 22.4 Å². The third kappa shape index (κ3) is 3.10. The minimum Gasteiger partial charge on any atom is -0.489 e. The van der Waals surface area contributed by atoms with Gasteiger partial charge in [0.05, 0.1) is 11.6 Å². The van der Waals surface area contributed by atoms with Crippen molar-refractivity contribution in [3.63, 3.8) is 0 Å². The van der Waals surface area contributed by atoms with E-state index in [0.717, 1.165) is 28.1 Å². The van der Waals surface area contributed by atoms with Crippen LogP contribution in [0.25, 0.3) is 28.1 Å². The van der Waals surface area contributed by atoms with Gasteiger partial charge in [-0.15, -0.1) is 0 Å². The van der Waals surface area contributed by atoms with E-state index in [1.54, 1.807) is 24.5 Å². The molecule has 7 nitrogen and oxygen atoms in total. The second-order valence-corrected chi connectivity index (χ2v) is 6.77. The molecule has 0 atom stereocenters. The second kappa shape index (κ2) is 7.26. The molecule has 1 N–H and O–H groups in total. The molecule has 0 fully saturated rings. The number of hydrogen-bond acceptors (Lipinski definition) is 6. The number of rotatable bonds is 5. The molecule has 0 bridgehead atoms. The zero-order valence-corrected chi connectivity index (χ0v) is 16.2. The maximum atomic E-state index is 9.15. The van der Waals surface area contributed by atoms with Gasteiger partial charge in [0.15, 0.2) is 5.76 Å². The zero-order chi connectivity index (χ0) is 20.5. The summed E-state index contributed by atoms with van der Waals surface area (Å²) in [7, 11) is 1.83. The Labute approximate surface area is 172 Å². The van der Waals surface area contributed by atoms with Crippen molar-refractivity contribution in [2.24, 2.45) is 0 Å². The van der Waals surface area contributed by atoms with Crippen LogP contribution in [0.2, 0.25) is 0 Å². The minimum absolute atomic E-state index is 0.446. The van der Waals surface area contributed by atoms with Gasteiger partial charge < -0.3 is 14.5 Å². The Balaban J connectivity index is 1.50. The lowest BCUT2D eigenvalue weighted by molar-refractivity contribution is 0.306. The molecule has 0 saturated carbocycles. The number of nitriles is 1. The number of benzene rings is 1. The number of fused-ring (bicyclic) bond motifs is 2. The molecule has 7 heteroatoms. The van der Waals surface area contributed by atoms with Crippen LogP contribution >= 0.6 is 0 Å². The number of furan rings is 1. The summed E-state index contributed by atoms with van der Waals surface area (Å²) in [6.45, 7) is 0.446. The summed E-state index contributed by atoms with van der Waals surface area (Å²) in [6.07, 6.45) is 5.35. The molecular formula is C23H17N5O2. The van der Waals surface area contributed by atoms with Gasteiger partial charge in [0, 0.05) is 36.6 Å². The Bertz CT molecular complexity index is 1400. The van der Waals surface area contributed by atoms with Crippen molar-refractivity contribution in [3.05, 3.63) is 78.2 Å². The summed E-state index contributed by atoms with van der Waals surface area (Å²) in [5.41, 5.74) is 3.67. The molecule has 4 aromatic heterocycles. The summed E-state index contributed by atoms with van der Waals surface area (Å²) < 4.78 is 13.8. The van der Waals surface area contributed by atoms with Gasteiger partial charge >= 0.3 is 0 Å². The molecule has 30 heavy (non-hydrogen) atoms. The van der Waals surface area contributed by atoms with E-state index in [1.165, 1.54) is 0 Å². The molecular weight excluding hydrogens is 378 g/mol. The van der Waals surface area contributed by atoms with Crippen LogP contribution in [0.5, 0.6) is 5.75 Å². The van der Waals surface area contributed by atoms with Crippen molar-refractivity contribution in [2.75, 3.05) is 12.4 Å². The molecule has 0 unspecified atom stereocenters. The van der Waals surface area contributed by atoms with Crippen LogP contribution < -0.4 is 10.1 Å². The van der Waals surface area contributed by atoms with Gasteiger partial charge in [-0.05, 0) is 42.5 Å². The maximum Gasteiger partial charge on any atom is 0.157 e. The number of pyridine rings is 2. The summed E-state index contributed by atoms with van der Waals surface area (Å²) in [5, 5.41) is 13.2. The average molecular weight is 395 g/mol. The maximum absolute atomic E-state index is 9.15. The highest BCUT2D eigenvalue weighted by Crippen LogP contribution is 2.34. The van der Waals surface area contributed by atoms with Crippen LogP contribution in [0, 0.1) is 11.3 Å². The largest absolute Gasteiger partial charge is 0.489 e. The van der Waals surface area contributed by atoms with Crippen molar-refractivity contribution in [2.45, 2.75) is 6.61 Å². The van der Waals surface area contributed by atoms with Gasteiger partial charge in [-0.3, -0.25) is 9.38 Å². The zero-order valence-electron chi connectivity index (χ0n) is 16.2. The van der Waals surface area contributed by atoms with Crippen LogP contribution in [0.3, 0.4) is 0 Å². The van der Waals surface area contributed by atoms with E-state index in [-0.39, 0.29) is 0 Å². The van der Waals surface area contributed by atoms with Gasteiger partial charge in [0.25, 0.3) is 0 Å². The lowest BCUT2D eigenvalue weighted by Crippen LogP contribution is -1.95. The third-order valence-corrected chi connectivity index (χ3v) is 4.84. The van der Waals surface area contributed by atoms with E-state index in [9.17, 15) is 0 Å². The number of nitrogens with zero attached hydrogens (tertiary/aromatic N) is 4. The number of anilines is 1. The van der Waals surface area contributed by atoms with Gasteiger partial charge in [0.2, 0.25) is 0 Å². The predicted molar refractivity (Wildman–Crippen MR) is 113 cm³/mol. The fourth-order valence-electron chi connectivity index (χ4n) is 3.40. The molecule has 146 valence electrons. The normalized spacial score (nSPS) is 10.9. The van der Waals surface area contributed by atoms with Crippen LogP contribution in [-0.2, 0) is 6.61 Å². The third-order valence-electron chi connectivity index (χ3n) is 4.84. The van der Waals surface area contributed by atoms with E-state index >= 15 is 0 Å². The molecule has 0 saturated heterocycles. The Morgan fingerprint density at radius 3 is 2.93 bits per heavy atom. The van der Waals surface area contributed by atoms with Gasteiger partial charge in [-0.1, -0.05) is 6.07 Å². The molecule has 0 aliphatic carbocycles. The smallest absolute Gasteiger partial charge is 0.157 e. The average Bonchev–Trinajstić information content (AvgIpc) is 3.38. The predicted octanol–water partition coefficient (Wildman–Crippen LogP) is 4.63. The summed E-state index contributed by atoms with van der Waals surface area (Å²) in [5.74, 6) is 2.18. The molecule has 5 rings (SSSR count). The monoisotopic (exact) mass is 395 g/mol. The van der Waals surface area contributed by atoms with Crippen molar-refractivity contribution < 1.29 is 9.15 Å². The topological polar surface area (TPSA) is 88.4 Å². The summed E-state index contributed by atoms with van der Waals surface area (Å²) >= 11 is 0. The molecule has 1 aromatic carbocycles. The number of ether oxygens (including phenoxy) is 1. The first-order valence-electron chi connectivity index (χ1n) is 9.41. The fourth-order valence-corrected chi connectivity index (χ4v) is 3.40. The first kappa shape index (κ1) is 17.8. The van der Waals surface area contributed by atoms with E-state index in [2.05, 4.69) is 21.4 Å². The highest BCUT2D eigenvalue weighted by molar-refractivity contribution is 5.86. The highest BCUT2D eigenvalue weighted by atomic mass is 16.5. The molecule has 4 heterocycles. The van der Waals surface area contributed by atoms with Crippen LogP contribution in [0.1, 0.15) is 11.1 Å². The first-order valence-corrected chi connectivity index (χ1v) is 9.41. The quantitative estimate of drug-likeness (QED) is 0.467. The van der Waals surface area contributed by atoms with Crippen molar-refractivity contribution in [1.29, 1.82) is 5.26 Å². The van der Waals surface area contributed by atoms with Gasteiger partial charge in [0.1, 0.15) is 35.1 Å². The minimum atomic E-state index is 0.446. The van der Waals surface area contributed by atoms with E-state index in [1.807, 2.05) is 54.0 Å². The molecule has 0 aliphatic heterocycles. The molecule has 5 aromatic rings. The Hall–Kier alpha value is -4.31. The second-order valence-electron chi connectivity index (χ2n) is 6.77. The lowest BCUT2D eigenvalue weighted by atomic mass is 10.2. The van der Waals surface area contributed by atoms with Crippen molar-refractivity contribution in [3.8, 4) is 23.3 Å². The number of nitrogens with one attached hydrogen (secondary N) is 1. The highest BCUT2D eigenvalue weighted by Gasteiger charge is 2.17. The molecule has 0 radical (unpaired) electrons. The van der Waals surface area contributed by atoms with E-state index in [0.29, 0.717) is 29.3 Å². The van der Waals surface area contributed by atoms with E-state index in [4.69, 9.17) is 14.4 Å². The molecule has 0 aliphatic rings. The van der Waals surface area contributed by atoms with Gasteiger partial charge in [-0.2, -0.15) is 5.26 Å².